The van der Waals surface area contributed by atoms with Crippen LogP contribution in [0.25, 0.3) is 0 Å². The number of aromatic nitrogens is 1. The molecule has 0 saturated heterocycles. The first-order chi connectivity index (χ1) is 11.9. The van der Waals surface area contributed by atoms with E-state index in [1.807, 2.05) is 0 Å². The number of carbonyl (C=O) groups is 2. The summed E-state index contributed by atoms with van der Waals surface area (Å²) in [6, 6.07) is 6.14. The van der Waals surface area contributed by atoms with Gasteiger partial charge in [0.15, 0.2) is 6.61 Å². The average Bonchev–Trinajstić information content (AvgIpc) is 3.05. The molecule has 8 heteroatoms. The zero-order valence-electron chi connectivity index (χ0n) is 13.9. The van der Waals surface area contributed by atoms with Crippen molar-refractivity contribution in [2.45, 2.75) is 32.6 Å². The monoisotopic (exact) mass is 366 g/mol. The Balaban J connectivity index is 2.05. The second-order valence-electron chi connectivity index (χ2n) is 5.41. The molecule has 0 bridgehead atoms. The van der Waals surface area contributed by atoms with Gasteiger partial charge in [-0.15, -0.1) is 0 Å². The fourth-order valence-electron chi connectivity index (χ4n) is 2.32. The van der Waals surface area contributed by atoms with Crippen molar-refractivity contribution in [1.29, 1.82) is 0 Å². The topological polar surface area (TPSA) is 102 Å². The molecular weight excluding hydrogens is 348 g/mol. The molecular formula is C17H19ClN2O5. The molecule has 0 aliphatic carbocycles. The molecule has 2 aromatic rings. The molecule has 0 spiro atoms. The molecule has 0 aliphatic heterocycles. The molecule has 0 fully saturated rings. The largest absolute Gasteiger partial charge is 0.480 e. The van der Waals surface area contributed by atoms with Crippen molar-refractivity contribution in [2.75, 3.05) is 11.9 Å². The van der Waals surface area contributed by atoms with Gasteiger partial charge in [-0.3, -0.25) is 4.79 Å². The van der Waals surface area contributed by atoms with Gasteiger partial charge in [0.1, 0.15) is 5.75 Å². The Morgan fingerprint density at radius 2 is 2.04 bits per heavy atom. The van der Waals surface area contributed by atoms with E-state index in [2.05, 4.69) is 24.3 Å². The number of anilines is 1. The molecule has 0 radical (unpaired) electrons. The van der Waals surface area contributed by atoms with Gasteiger partial charge in [-0.25, -0.2) is 4.79 Å². The Morgan fingerprint density at radius 1 is 1.32 bits per heavy atom. The van der Waals surface area contributed by atoms with E-state index in [0.29, 0.717) is 5.69 Å². The second kappa shape index (κ2) is 8.53. The van der Waals surface area contributed by atoms with E-state index in [4.69, 9.17) is 26.0 Å². The third-order valence-electron chi connectivity index (χ3n) is 3.70. The first kappa shape index (κ1) is 18.8. The Labute approximate surface area is 149 Å². The number of nitrogens with one attached hydrogen (secondary N) is 1. The highest BCUT2D eigenvalue weighted by Gasteiger charge is 2.18. The van der Waals surface area contributed by atoms with Crippen molar-refractivity contribution in [3.63, 3.8) is 0 Å². The number of aliphatic carboxylic acids is 1. The van der Waals surface area contributed by atoms with Gasteiger partial charge >= 0.3 is 5.97 Å². The number of rotatable bonds is 8. The molecule has 7 nitrogen and oxygen atoms in total. The van der Waals surface area contributed by atoms with Crippen LogP contribution in [0, 0.1) is 0 Å². The maximum Gasteiger partial charge on any atom is 0.341 e. The van der Waals surface area contributed by atoms with Crippen LogP contribution in [0.5, 0.6) is 5.75 Å². The van der Waals surface area contributed by atoms with E-state index in [0.717, 1.165) is 18.5 Å². The minimum atomic E-state index is -1.10. The summed E-state index contributed by atoms with van der Waals surface area (Å²) in [6.07, 6.45) is 1.83. The zero-order valence-corrected chi connectivity index (χ0v) is 14.7. The van der Waals surface area contributed by atoms with Crippen molar-refractivity contribution in [1.82, 2.24) is 5.16 Å². The van der Waals surface area contributed by atoms with E-state index >= 15 is 0 Å². The lowest BCUT2D eigenvalue weighted by Gasteiger charge is -2.08. The lowest BCUT2D eigenvalue weighted by Crippen LogP contribution is -2.12. The van der Waals surface area contributed by atoms with Crippen LogP contribution in [0.2, 0.25) is 5.02 Å². The fraction of sp³-hybridized carbons (Fsp3) is 0.353. The van der Waals surface area contributed by atoms with Crippen molar-refractivity contribution in [3.05, 3.63) is 40.7 Å². The Morgan fingerprint density at radius 3 is 2.64 bits per heavy atom. The number of ether oxygens (including phenoxy) is 1. The van der Waals surface area contributed by atoms with Gasteiger partial charge in [-0.1, -0.05) is 30.6 Å². The predicted octanol–water partition coefficient (Wildman–Crippen LogP) is 3.95. The second-order valence-corrected chi connectivity index (χ2v) is 5.82. The van der Waals surface area contributed by atoms with Crippen molar-refractivity contribution in [2.24, 2.45) is 0 Å². The molecule has 134 valence electrons. The highest BCUT2D eigenvalue weighted by Crippen LogP contribution is 2.28. The lowest BCUT2D eigenvalue weighted by atomic mass is 9.99. The summed E-state index contributed by atoms with van der Waals surface area (Å²) in [5.74, 6) is -0.959. The molecule has 1 amide bonds. The van der Waals surface area contributed by atoms with E-state index in [-0.39, 0.29) is 22.5 Å². The lowest BCUT2D eigenvalue weighted by molar-refractivity contribution is -0.139. The van der Waals surface area contributed by atoms with Gasteiger partial charge in [-0.2, -0.15) is 0 Å². The van der Waals surface area contributed by atoms with Crippen molar-refractivity contribution < 1.29 is 24.0 Å². The van der Waals surface area contributed by atoms with Crippen LogP contribution in [-0.2, 0) is 4.79 Å². The summed E-state index contributed by atoms with van der Waals surface area (Å²) in [6.45, 7) is 3.61. The third-order valence-corrected chi connectivity index (χ3v) is 3.99. The Hall–Kier alpha value is -2.54. The fourth-order valence-corrected chi connectivity index (χ4v) is 2.56. The Bertz CT molecular complexity index is 755. The number of halogens is 1. The summed E-state index contributed by atoms with van der Waals surface area (Å²) < 4.78 is 10.1. The van der Waals surface area contributed by atoms with Gasteiger partial charge in [-0.05, 0) is 31.0 Å². The molecule has 2 rings (SSSR count). The number of carbonyl (C=O) groups excluding carboxylic acids is 1. The van der Waals surface area contributed by atoms with Crippen LogP contribution >= 0.6 is 11.6 Å². The highest BCUT2D eigenvalue weighted by atomic mass is 35.5. The number of carboxylic acids is 1. The normalized spacial score (nSPS) is 10.7. The number of hydrogen-bond donors (Lipinski definition) is 2. The maximum atomic E-state index is 12.2. The van der Waals surface area contributed by atoms with Crippen LogP contribution in [0.3, 0.4) is 0 Å². The molecule has 0 atom stereocenters. The van der Waals surface area contributed by atoms with Crippen LogP contribution in [0.4, 0.5) is 5.69 Å². The smallest absolute Gasteiger partial charge is 0.341 e. The molecule has 25 heavy (non-hydrogen) atoms. The van der Waals surface area contributed by atoms with Crippen LogP contribution in [-0.4, -0.2) is 28.7 Å². The predicted molar refractivity (Wildman–Crippen MR) is 92.4 cm³/mol. The summed E-state index contributed by atoms with van der Waals surface area (Å²) in [5.41, 5.74) is 1.18. The molecule has 0 unspecified atom stereocenters. The highest BCUT2D eigenvalue weighted by molar-refractivity contribution is 6.32. The van der Waals surface area contributed by atoms with E-state index in [1.54, 1.807) is 12.1 Å². The van der Waals surface area contributed by atoms with Gasteiger partial charge < -0.3 is 19.7 Å². The van der Waals surface area contributed by atoms with Crippen molar-refractivity contribution >= 4 is 29.2 Å². The van der Waals surface area contributed by atoms with Gasteiger partial charge in [0.25, 0.3) is 5.91 Å². The Kier molecular flexibility index (Phi) is 6.41. The molecule has 1 heterocycles. The summed E-state index contributed by atoms with van der Waals surface area (Å²) in [4.78, 5) is 22.7. The molecule has 0 saturated carbocycles. The van der Waals surface area contributed by atoms with Gasteiger partial charge in [0.05, 0.1) is 10.7 Å². The van der Waals surface area contributed by atoms with E-state index in [9.17, 15) is 9.59 Å². The minimum absolute atomic E-state index is 0.115. The number of benzene rings is 1. The summed E-state index contributed by atoms with van der Waals surface area (Å²) >= 11 is 6.02. The quantitative estimate of drug-likeness (QED) is 0.733. The first-order valence-corrected chi connectivity index (χ1v) is 8.24. The minimum Gasteiger partial charge on any atom is -0.480 e. The van der Waals surface area contributed by atoms with E-state index in [1.165, 1.54) is 12.1 Å². The SMILES string of the molecule is CCC(CC)c1cc(C(=O)Nc2ccc(OCC(=O)O)c(Cl)c2)on1. The molecule has 1 aromatic carbocycles. The van der Waals surface area contributed by atoms with Crippen molar-refractivity contribution in [3.8, 4) is 5.75 Å². The first-order valence-electron chi connectivity index (χ1n) is 7.86. The summed E-state index contributed by atoms with van der Waals surface area (Å²) in [7, 11) is 0. The standard InChI is InChI=1S/C17H19ClN2O5/c1-3-10(4-2)13-8-15(25-20-13)17(23)19-11-5-6-14(12(18)7-11)24-9-16(21)22/h5-8,10H,3-4,9H2,1-2H3,(H,19,23)(H,21,22). The number of nitrogens with zero attached hydrogens (tertiary/aromatic N) is 1. The number of hydrogen-bond acceptors (Lipinski definition) is 5. The van der Waals surface area contributed by atoms with Crippen LogP contribution in [0.15, 0.2) is 28.8 Å². The molecule has 2 N–H and O–H groups in total. The van der Waals surface area contributed by atoms with E-state index < -0.39 is 18.5 Å². The third kappa shape index (κ3) is 4.96. The average molecular weight is 367 g/mol. The molecule has 1 aromatic heterocycles. The summed E-state index contributed by atoms with van der Waals surface area (Å²) in [5, 5.41) is 15.4. The van der Waals surface area contributed by atoms with Gasteiger partial charge in [0, 0.05) is 17.7 Å². The zero-order chi connectivity index (χ0) is 18.4. The van der Waals surface area contributed by atoms with Crippen LogP contribution < -0.4 is 10.1 Å². The van der Waals surface area contributed by atoms with Crippen LogP contribution in [0.1, 0.15) is 48.9 Å². The number of amides is 1. The maximum absolute atomic E-state index is 12.2. The molecule has 0 aliphatic rings. The number of carboxylic acid groups (broad SMARTS) is 1. The van der Waals surface area contributed by atoms with Gasteiger partial charge in [0.2, 0.25) is 5.76 Å².